The van der Waals surface area contributed by atoms with Gasteiger partial charge in [-0.2, -0.15) is 0 Å². The lowest BCUT2D eigenvalue weighted by Gasteiger charge is -1.96. The van der Waals surface area contributed by atoms with Gasteiger partial charge in [0.25, 0.3) is 5.78 Å². The molecule has 0 aliphatic heterocycles. The van der Waals surface area contributed by atoms with Crippen LogP contribution in [0.2, 0.25) is 0 Å². The van der Waals surface area contributed by atoms with E-state index in [2.05, 4.69) is 15.6 Å². The van der Waals surface area contributed by atoms with Gasteiger partial charge >= 0.3 is 0 Å². The van der Waals surface area contributed by atoms with Gasteiger partial charge in [-0.3, -0.25) is 4.40 Å². The summed E-state index contributed by atoms with van der Waals surface area (Å²) in [6.07, 6.45) is 3.61. The van der Waals surface area contributed by atoms with E-state index < -0.39 is 0 Å². The Hall–Kier alpha value is -1.72. The Morgan fingerprint density at radius 1 is 1.45 bits per heavy atom. The van der Waals surface area contributed by atoms with Crippen molar-refractivity contribution < 1.29 is 0 Å². The molecular formula is C5H8N6. The van der Waals surface area contributed by atoms with Crippen LogP contribution in [0.4, 0.5) is 5.95 Å². The first kappa shape index (κ1) is 6.02. The van der Waals surface area contributed by atoms with E-state index in [-0.39, 0.29) is 0 Å². The summed E-state index contributed by atoms with van der Waals surface area (Å²) in [4.78, 5) is 0. The third kappa shape index (κ3) is 0.658. The fourth-order valence-electron chi connectivity index (χ4n) is 0.977. The maximum Gasteiger partial charge on any atom is 0.255 e. The SMILES string of the molecule is CNn1ccn2c(N)nnc12. The number of nitrogens with one attached hydrogen (secondary N) is 1. The van der Waals surface area contributed by atoms with Gasteiger partial charge in [0.15, 0.2) is 0 Å². The van der Waals surface area contributed by atoms with Crippen LogP contribution >= 0.6 is 0 Å². The van der Waals surface area contributed by atoms with Gasteiger partial charge in [-0.25, -0.2) is 4.68 Å². The maximum absolute atomic E-state index is 5.49. The molecule has 0 saturated carbocycles. The van der Waals surface area contributed by atoms with Gasteiger partial charge in [0, 0.05) is 19.4 Å². The summed E-state index contributed by atoms with van der Waals surface area (Å²) in [6, 6.07) is 0. The number of nitrogens with zero attached hydrogens (tertiary/aromatic N) is 4. The molecule has 0 spiro atoms. The number of imidazole rings is 1. The molecule has 6 nitrogen and oxygen atoms in total. The Morgan fingerprint density at radius 2 is 2.27 bits per heavy atom. The smallest absolute Gasteiger partial charge is 0.255 e. The Labute approximate surface area is 62.6 Å². The fraction of sp³-hybridized carbons (Fsp3) is 0.200. The van der Waals surface area contributed by atoms with Crippen LogP contribution in [-0.2, 0) is 0 Å². The first-order valence-electron chi connectivity index (χ1n) is 3.18. The number of nitrogens with two attached hydrogens (primary N) is 1. The molecule has 6 heteroatoms. The van der Waals surface area contributed by atoms with E-state index in [9.17, 15) is 0 Å². The molecule has 0 amide bonds. The van der Waals surface area contributed by atoms with E-state index in [4.69, 9.17) is 5.73 Å². The largest absolute Gasteiger partial charge is 0.368 e. The van der Waals surface area contributed by atoms with Gasteiger partial charge in [-0.15, -0.1) is 10.2 Å². The highest BCUT2D eigenvalue weighted by atomic mass is 15.5. The molecule has 2 aromatic rings. The lowest BCUT2D eigenvalue weighted by atomic mass is 10.9. The average molecular weight is 152 g/mol. The Balaban J connectivity index is 2.77. The number of hydrogen-bond acceptors (Lipinski definition) is 4. The molecule has 0 aliphatic carbocycles. The van der Waals surface area contributed by atoms with Gasteiger partial charge in [-0.1, -0.05) is 0 Å². The first-order chi connectivity index (χ1) is 5.33. The van der Waals surface area contributed by atoms with Crippen molar-refractivity contribution >= 4 is 11.7 Å². The summed E-state index contributed by atoms with van der Waals surface area (Å²) in [5.74, 6) is 1.08. The Morgan fingerprint density at radius 3 is 3.00 bits per heavy atom. The zero-order valence-corrected chi connectivity index (χ0v) is 6.02. The Bertz CT molecular complexity index is 371. The molecular weight excluding hydrogens is 144 g/mol. The number of rotatable bonds is 1. The molecule has 58 valence electrons. The molecule has 0 unspecified atom stereocenters. The minimum Gasteiger partial charge on any atom is -0.368 e. The van der Waals surface area contributed by atoms with Gasteiger partial charge in [0.2, 0.25) is 5.95 Å². The van der Waals surface area contributed by atoms with Crippen LogP contribution < -0.4 is 11.2 Å². The van der Waals surface area contributed by atoms with Crippen molar-refractivity contribution in [2.75, 3.05) is 18.2 Å². The maximum atomic E-state index is 5.49. The minimum absolute atomic E-state index is 0.397. The standard InChI is InChI=1S/C5H8N6/c1-7-11-3-2-10-4(6)8-9-5(10)11/h2-3,7H,1H3,(H2,6,8). The lowest BCUT2D eigenvalue weighted by Crippen LogP contribution is -2.07. The monoisotopic (exact) mass is 152 g/mol. The zero-order chi connectivity index (χ0) is 7.84. The molecule has 0 fully saturated rings. The molecule has 0 saturated heterocycles. The molecule has 2 rings (SSSR count). The highest BCUT2D eigenvalue weighted by molar-refractivity contribution is 5.37. The molecule has 0 atom stereocenters. The van der Waals surface area contributed by atoms with E-state index in [0.29, 0.717) is 11.7 Å². The first-order valence-corrected chi connectivity index (χ1v) is 3.18. The minimum atomic E-state index is 0.397. The normalized spacial score (nSPS) is 10.6. The topological polar surface area (TPSA) is 73.2 Å². The predicted octanol–water partition coefficient (Wildman–Crippen LogP) is -0.714. The van der Waals surface area contributed by atoms with Gasteiger partial charge in [0.1, 0.15) is 0 Å². The second kappa shape index (κ2) is 1.88. The van der Waals surface area contributed by atoms with Crippen molar-refractivity contribution in [3.63, 3.8) is 0 Å². The van der Waals surface area contributed by atoms with Crippen LogP contribution in [0.25, 0.3) is 5.78 Å². The van der Waals surface area contributed by atoms with Crippen molar-refractivity contribution in [2.45, 2.75) is 0 Å². The van der Waals surface area contributed by atoms with Gasteiger partial charge in [0.05, 0.1) is 0 Å². The second-order valence-electron chi connectivity index (χ2n) is 2.12. The zero-order valence-electron chi connectivity index (χ0n) is 6.02. The molecule has 0 radical (unpaired) electrons. The van der Waals surface area contributed by atoms with E-state index in [0.717, 1.165) is 0 Å². The number of nitrogen functional groups attached to an aromatic ring is 1. The number of fused-ring (bicyclic) bond motifs is 1. The molecule has 0 bridgehead atoms. The van der Waals surface area contributed by atoms with Crippen LogP contribution in [-0.4, -0.2) is 26.3 Å². The van der Waals surface area contributed by atoms with E-state index in [1.54, 1.807) is 22.3 Å². The van der Waals surface area contributed by atoms with Crippen LogP contribution in [0.15, 0.2) is 12.4 Å². The number of hydrogen-bond donors (Lipinski definition) is 2. The highest BCUT2D eigenvalue weighted by Gasteiger charge is 2.03. The molecule has 3 N–H and O–H groups in total. The summed E-state index contributed by atoms with van der Waals surface area (Å²) in [6.45, 7) is 0. The summed E-state index contributed by atoms with van der Waals surface area (Å²) in [7, 11) is 1.80. The number of aromatic nitrogens is 4. The van der Waals surface area contributed by atoms with E-state index in [1.807, 2.05) is 6.20 Å². The summed E-state index contributed by atoms with van der Waals surface area (Å²) < 4.78 is 3.42. The van der Waals surface area contributed by atoms with Crippen molar-refractivity contribution in [3.05, 3.63) is 12.4 Å². The second-order valence-corrected chi connectivity index (χ2v) is 2.12. The van der Waals surface area contributed by atoms with E-state index in [1.165, 1.54) is 0 Å². The third-order valence-corrected chi connectivity index (χ3v) is 1.53. The molecule has 11 heavy (non-hydrogen) atoms. The van der Waals surface area contributed by atoms with Crippen LogP contribution in [0.3, 0.4) is 0 Å². The van der Waals surface area contributed by atoms with Gasteiger partial charge in [-0.05, 0) is 0 Å². The van der Waals surface area contributed by atoms with Crippen LogP contribution in [0.1, 0.15) is 0 Å². The average Bonchev–Trinajstić information content (AvgIpc) is 2.53. The highest BCUT2D eigenvalue weighted by Crippen LogP contribution is 2.03. The summed E-state index contributed by atoms with van der Waals surface area (Å²) in [5.41, 5.74) is 8.39. The number of anilines is 1. The predicted molar refractivity (Wildman–Crippen MR) is 40.7 cm³/mol. The molecule has 0 aliphatic rings. The van der Waals surface area contributed by atoms with Crippen molar-refractivity contribution in [1.82, 2.24) is 19.3 Å². The summed E-state index contributed by atoms with van der Waals surface area (Å²) in [5, 5.41) is 7.53. The van der Waals surface area contributed by atoms with Crippen molar-refractivity contribution in [2.24, 2.45) is 0 Å². The Kier molecular flexibility index (Phi) is 1.03. The molecule has 2 heterocycles. The summed E-state index contributed by atoms with van der Waals surface area (Å²) >= 11 is 0. The molecule has 0 aromatic carbocycles. The van der Waals surface area contributed by atoms with Crippen LogP contribution in [0, 0.1) is 0 Å². The van der Waals surface area contributed by atoms with Gasteiger partial charge < -0.3 is 11.2 Å². The van der Waals surface area contributed by atoms with Crippen LogP contribution in [0.5, 0.6) is 0 Å². The van der Waals surface area contributed by atoms with E-state index >= 15 is 0 Å². The van der Waals surface area contributed by atoms with Crippen molar-refractivity contribution in [3.8, 4) is 0 Å². The lowest BCUT2D eigenvalue weighted by molar-refractivity contribution is 0.932. The van der Waals surface area contributed by atoms with Crippen molar-refractivity contribution in [1.29, 1.82) is 0 Å². The molecule has 2 aromatic heterocycles. The fourth-order valence-corrected chi connectivity index (χ4v) is 0.977. The quantitative estimate of drug-likeness (QED) is 0.566. The third-order valence-electron chi connectivity index (χ3n) is 1.53.